The Morgan fingerprint density at radius 2 is 1.96 bits per heavy atom. The first-order chi connectivity index (χ1) is 12.2. The van der Waals surface area contributed by atoms with Crippen LogP contribution < -0.4 is 10.1 Å². The average Bonchev–Trinajstić information content (AvgIpc) is 3.04. The number of carbonyl (C=O) groups excluding carboxylic acids is 1. The molecule has 1 amide bonds. The first-order valence-electron chi connectivity index (χ1n) is 8.20. The summed E-state index contributed by atoms with van der Waals surface area (Å²) >= 11 is 0. The molecule has 0 saturated carbocycles. The molecule has 0 saturated heterocycles. The maximum atomic E-state index is 12.4. The third-order valence-electron chi connectivity index (χ3n) is 4.09. The number of methoxy groups -OCH3 is 1. The Morgan fingerprint density at radius 1 is 1.16 bits per heavy atom. The third-order valence-corrected chi connectivity index (χ3v) is 4.09. The van der Waals surface area contributed by atoms with Crippen molar-refractivity contribution in [3.8, 4) is 11.4 Å². The predicted molar refractivity (Wildman–Crippen MR) is 97.3 cm³/mol. The molecule has 2 aromatic carbocycles. The molecule has 0 bridgehead atoms. The van der Waals surface area contributed by atoms with E-state index in [-0.39, 0.29) is 5.91 Å². The summed E-state index contributed by atoms with van der Waals surface area (Å²) in [6.45, 7) is 2.46. The summed E-state index contributed by atoms with van der Waals surface area (Å²) in [5, 5.41) is 7.29. The van der Waals surface area contributed by atoms with Gasteiger partial charge in [0.15, 0.2) is 0 Å². The highest BCUT2D eigenvalue weighted by atomic mass is 16.5. The summed E-state index contributed by atoms with van der Waals surface area (Å²) in [5.74, 6) is 0.714. The lowest BCUT2D eigenvalue weighted by molar-refractivity contribution is 0.0953. The summed E-state index contributed by atoms with van der Waals surface area (Å²) in [6, 6.07) is 17.6. The minimum atomic E-state index is -0.109. The van der Waals surface area contributed by atoms with E-state index < -0.39 is 0 Å². The van der Waals surface area contributed by atoms with Crippen LogP contribution >= 0.6 is 0 Å². The first-order valence-corrected chi connectivity index (χ1v) is 8.20. The lowest BCUT2D eigenvalue weighted by Gasteiger charge is -2.07. The van der Waals surface area contributed by atoms with Crippen LogP contribution in [0.4, 0.5) is 0 Å². The number of hydrogen-bond acceptors (Lipinski definition) is 3. The molecule has 1 N–H and O–H groups in total. The highest BCUT2D eigenvalue weighted by molar-refractivity contribution is 5.95. The van der Waals surface area contributed by atoms with Gasteiger partial charge in [0.25, 0.3) is 5.91 Å². The van der Waals surface area contributed by atoms with Gasteiger partial charge in [-0.3, -0.25) is 4.79 Å². The van der Waals surface area contributed by atoms with Crippen LogP contribution in [0.1, 0.15) is 21.6 Å². The Kier molecular flexibility index (Phi) is 5.14. The van der Waals surface area contributed by atoms with E-state index in [4.69, 9.17) is 4.74 Å². The predicted octanol–water partition coefficient (Wildman–Crippen LogP) is 3.16. The fourth-order valence-electron chi connectivity index (χ4n) is 2.71. The van der Waals surface area contributed by atoms with Crippen LogP contribution in [0, 0.1) is 6.92 Å². The number of nitrogens with one attached hydrogen (secondary N) is 1. The molecular weight excluding hydrogens is 314 g/mol. The monoisotopic (exact) mass is 335 g/mol. The molecule has 0 aliphatic rings. The number of hydrogen-bond donors (Lipinski definition) is 1. The van der Waals surface area contributed by atoms with E-state index in [1.165, 1.54) is 0 Å². The van der Waals surface area contributed by atoms with Crippen LogP contribution in [0.3, 0.4) is 0 Å². The molecule has 0 atom stereocenters. The van der Waals surface area contributed by atoms with Crippen LogP contribution in [-0.4, -0.2) is 29.3 Å². The molecule has 0 aliphatic heterocycles. The van der Waals surface area contributed by atoms with Gasteiger partial charge in [-0.25, -0.2) is 4.68 Å². The van der Waals surface area contributed by atoms with Gasteiger partial charge >= 0.3 is 0 Å². The average molecular weight is 335 g/mol. The van der Waals surface area contributed by atoms with Crippen molar-refractivity contribution in [2.75, 3.05) is 13.7 Å². The van der Waals surface area contributed by atoms with Gasteiger partial charge in [-0.2, -0.15) is 5.10 Å². The molecule has 25 heavy (non-hydrogen) atoms. The minimum Gasteiger partial charge on any atom is -0.497 e. The van der Waals surface area contributed by atoms with Gasteiger partial charge in [-0.1, -0.05) is 30.3 Å². The van der Waals surface area contributed by atoms with E-state index in [1.54, 1.807) is 18.0 Å². The van der Waals surface area contributed by atoms with Crippen molar-refractivity contribution in [2.24, 2.45) is 0 Å². The molecule has 0 spiro atoms. The lowest BCUT2D eigenvalue weighted by Crippen LogP contribution is -2.26. The Bertz CT molecular complexity index is 856. The fourth-order valence-corrected chi connectivity index (χ4v) is 2.71. The number of aromatic nitrogens is 2. The maximum Gasteiger partial charge on any atom is 0.254 e. The molecule has 0 unspecified atom stereocenters. The molecular formula is C20H21N3O2. The summed E-state index contributed by atoms with van der Waals surface area (Å²) in [4.78, 5) is 12.4. The van der Waals surface area contributed by atoms with Crippen molar-refractivity contribution < 1.29 is 9.53 Å². The van der Waals surface area contributed by atoms with E-state index >= 15 is 0 Å². The van der Waals surface area contributed by atoms with E-state index in [1.807, 2.05) is 61.5 Å². The summed E-state index contributed by atoms with van der Waals surface area (Å²) in [5.41, 5.74) is 3.48. The Labute approximate surface area is 147 Å². The SMILES string of the molecule is COc1cccc(CCNC(=O)c2cnn(-c3ccccc3)c2C)c1. The number of nitrogens with zero attached hydrogens (tertiary/aromatic N) is 2. The normalized spacial score (nSPS) is 10.5. The number of rotatable bonds is 6. The van der Waals surface area contributed by atoms with Crippen molar-refractivity contribution >= 4 is 5.91 Å². The molecule has 3 aromatic rings. The molecule has 5 nitrogen and oxygen atoms in total. The second-order valence-electron chi connectivity index (χ2n) is 5.75. The molecule has 0 radical (unpaired) electrons. The highest BCUT2D eigenvalue weighted by Gasteiger charge is 2.14. The second-order valence-corrected chi connectivity index (χ2v) is 5.75. The molecule has 1 aromatic heterocycles. The Hall–Kier alpha value is -3.08. The largest absolute Gasteiger partial charge is 0.497 e. The van der Waals surface area contributed by atoms with Crippen LogP contribution in [0.5, 0.6) is 5.75 Å². The molecule has 3 rings (SSSR count). The fraction of sp³-hybridized carbons (Fsp3) is 0.200. The number of ether oxygens (including phenoxy) is 1. The van der Waals surface area contributed by atoms with Gasteiger partial charge < -0.3 is 10.1 Å². The van der Waals surface area contributed by atoms with Crippen molar-refractivity contribution in [2.45, 2.75) is 13.3 Å². The zero-order chi connectivity index (χ0) is 17.6. The summed E-state index contributed by atoms with van der Waals surface area (Å²) in [7, 11) is 1.65. The van der Waals surface area contributed by atoms with Crippen LogP contribution in [-0.2, 0) is 6.42 Å². The maximum absolute atomic E-state index is 12.4. The standard InChI is InChI=1S/C20H21N3O2/c1-15-19(14-22-23(15)17-8-4-3-5-9-17)20(24)21-12-11-16-7-6-10-18(13-16)25-2/h3-10,13-14H,11-12H2,1-2H3,(H,21,24). The van der Waals surface area contributed by atoms with Gasteiger partial charge in [0.2, 0.25) is 0 Å². The highest BCUT2D eigenvalue weighted by Crippen LogP contribution is 2.14. The summed E-state index contributed by atoms with van der Waals surface area (Å²) in [6.07, 6.45) is 2.36. The smallest absolute Gasteiger partial charge is 0.254 e. The topological polar surface area (TPSA) is 56.1 Å². The molecule has 1 heterocycles. The van der Waals surface area contributed by atoms with Crippen molar-refractivity contribution in [1.29, 1.82) is 0 Å². The van der Waals surface area contributed by atoms with Crippen molar-refractivity contribution in [3.63, 3.8) is 0 Å². The Morgan fingerprint density at radius 3 is 2.72 bits per heavy atom. The van der Waals surface area contributed by atoms with Crippen molar-refractivity contribution in [3.05, 3.63) is 77.6 Å². The molecule has 0 fully saturated rings. The summed E-state index contributed by atoms with van der Waals surface area (Å²) < 4.78 is 6.99. The zero-order valence-electron chi connectivity index (χ0n) is 14.4. The number of para-hydroxylation sites is 1. The second kappa shape index (κ2) is 7.66. The molecule has 128 valence electrons. The van der Waals surface area contributed by atoms with E-state index in [0.717, 1.165) is 29.1 Å². The molecule has 5 heteroatoms. The van der Waals surface area contributed by atoms with Crippen LogP contribution in [0.25, 0.3) is 5.69 Å². The van der Waals surface area contributed by atoms with E-state index in [0.29, 0.717) is 12.1 Å². The van der Waals surface area contributed by atoms with Gasteiger partial charge in [0.05, 0.1) is 30.3 Å². The van der Waals surface area contributed by atoms with Gasteiger partial charge in [-0.15, -0.1) is 0 Å². The van der Waals surface area contributed by atoms with Crippen LogP contribution in [0.15, 0.2) is 60.8 Å². The lowest BCUT2D eigenvalue weighted by atomic mass is 10.1. The Balaban J connectivity index is 1.63. The third kappa shape index (κ3) is 3.88. The quantitative estimate of drug-likeness (QED) is 0.753. The van der Waals surface area contributed by atoms with E-state index in [9.17, 15) is 4.79 Å². The van der Waals surface area contributed by atoms with Crippen LogP contribution in [0.2, 0.25) is 0 Å². The van der Waals surface area contributed by atoms with Gasteiger partial charge in [0, 0.05) is 6.54 Å². The number of benzene rings is 2. The minimum absolute atomic E-state index is 0.109. The zero-order valence-corrected chi connectivity index (χ0v) is 14.4. The van der Waals surface area contributed by atoms with Gasteiger partial charge in [0.1, 0.15) is 5.75 Å². The first kappa shape index (κ1) is 16.8. The van der Waals surface area contributed by atoms with Crippen molar-refractivity contribution in [1.82, 2.24) is 15.1 Å². The molecule has 0 aliphatic carbocycles. The number of carbonyl (C=O) groups is 1. The van der Waals surface area contributed by atoms with Gasteiger partial charge in [-0.05, 0) is 43.2 Å². The number of amides is 1. The van der Waals surface area contributed by atoms with E-state index in [2.05, 4.69) is 10.4 Å².